The van der Waals surface area contributed by atoms with E-state index in [1.54, 1.807) is 6.20 Å². The van der Waals surface area contributed by atoms with Gasteiger partial charge >= 0.3 is 0 Å². The van der Waals surface area contributed by atoms with Crippen molar-refractivity contribution in [3.8, 4) is 11.6 Å². The van der Waals surface area contributed by atoms with Gasteiger partial charge in [0.15, 0.2) is 0 Å². The smallest absolute Gasteiger partial charge is 0.222 e. The first-order valence-corrected chi connectivity index (χ1v) is 6.07. The van der Waals surface area contributed by atoms with Gasteiger partial charge in [-0.25, -0.2) is 4.98 Å². The third kappa shape index (κ3) is 3.05. The lowest BCUT2D eigenvalue weighted by molar-refractivity contribution is 0.458. The van der Waals surface area contributed by atoms with E-state index in [9.17, 15) is 0 Å². The van der Waals surface area contributed by atoms with Crippen LogP contribution in [0.1, 0.15) is 11.1 Å². The van der Waals surface area contributed by atoms with Crippen LogP contribution in [0.2, 0.25) is 0 Å². The molecule has 0 spiro atoms. The molecule has 1 aromatic heterocycles. The first kappa shape index (κ1) is 12.1. The van der Waals surface area contributed by atoms with Crippen LogP contribution in [0.25, 0.3) is 0 Å². The van der Waals surface area contributed by atoms with E-state index >= 15 is 0 Å². The number of nitrogens with two attached hydrogens (primary N) is 1. The maximum atomic E-state index is 5.72. The number of hydrogen-bond acceptors (Lipinski definition) is 3. The molecule has 0 aliphatic rings. The van der Waals surface area contributed by atoms with Gasteiger partial charge in [0.1, 0.15) is 5.75 Å². The number of halogens is 1. The second-order valence-corrected chi connectivity index (χ2v) is 4.64. The summed E-state index contributed by atoms with van der Waals surface area (Å²) >= 11 is 3.37. The van der Waals surface area contributed by atoms with Gasteiger partial charge < -0.3 is 10.5 Å². The number of aromatic nitrogens is 1. The molecule has 2 aromatic rings. The molecule has 0 radical (unpaired) electrons. The number of rotatable bonds is 3. The van der Waals surface area contributed by atoms with Crippen LogP contribution in [-0.2, 0) is 6.54 Å². The van der Waals surface area contributed by atoms with Crippen molar-refractivity contribution in [2.45, 2.75) is 13.5 Å². The van der Waals surface area contributed by atoms with Gasteiger partial charge in [0, 0.05) is 22.8 Å². The summed E-state index contributed by atoms with van der Waals surface area (Å²) < 4.78 is 6.66. The Balaban J connectivity index is 2.25. The number of benzene rings is 1. The fourth-order valence-corrected chi connectivity index (χ4v) is 1.93. The zero-order chi connectivity index (χ0) is 12.3. The van der Waals surface area contributed by atoms with Gasteiger partial charge in [-0.1, -0.05) is 12.1 Å². The SMILES string of the molecule is Cc1cc(Br)cnc1Oc1cccc(CN)c1. The molecule has 0 saturated carbocycles. The van der Waals surface area contributed by atoms with Crippen LogP contribution >= 0.6 is 15.9 Å². The highest BCUT2D eigenvalue weighted by molar-refractivity contribution is 9.10. The lowest BCUT2D eigenvalue weighted by atomic mass is 10.2. The van der Waals surface area contributed by atoms with Crippen molar-refractivity contribution in [2.24, 2.45) is 5.73 Å². The van der Waals surface area contributed by atoms with E-state index in [2.05, 4.69) is 20.9 Å². The summed E-state index contributed by atoms with van der Waals surface area (Å²) in [6.45, 7) is 2.46. The number of nitrogens with zero attached hydrogens (tertiary/aromatic N) is 1. The van der Waals surface area contributed by atoms with E-state index in [4.69, 9.17) is 10.5 Å². The fraction of sp³-hybridized carbons (Fsp3) is 0.154. The van der Waals surface area contributed by atoms with E-state index in [0.717, 1.165) is 21.3 Å². The molecule has 0 saturated heterocycles. The lowest BCUT2D eigenvalue weighted by Crippen LogP contribution is -1.97. The van der Waals surface area contributed by atoms with Gasteiger partial charge in [0.05, 0.1) is 0 Å². The average Bonchev–Trinajstić information content (AvgIpc) is 2.33. The standard InChI is InChI=1S/C13H13BrN2O/c1-9-5-11(14)8-16-13(9)17-12-4-2-3-10(6-12)7-15/h2-6,8H,7,15H2,1H3. The fourth-order valence-electron chi connectivity index (χ4n) is 1.48. The van der Waals surface area contributed by atoms with E-state index in [1.807, 2.05) is 37.3 Å². The predicted molar refractivity (Wildman–Crippen MR) is 71.1 cm³/mol. The zero-order valence-electron chi connectivity index (χ0n) is 9.48. The lowest BCUT2D eigenvalue weighted by Gasteiger charge is -2.08. The average molecular weight is 293 g/mol. The minimum Gasteiger partial charge on any atom is -0.439 e. The highest BCUT2D eigenvalue weighted by Crippen LogP contribution is 2.25. The largest absolute Gasteiger partial charge is 0.439 e. The Bertz CT molecular complexity index is 529. The highest BCUT2D eigenvalue weighted by atomic mass is 79.9. The number of aryl methyl sites for hydroxylation is 1. The Morgan fingerprint density at radius 2 is 2.18 bits per heavy atom. The van der Waals surface area contributed by atoms with Crippen LogP contribution in [0.3, 0.4) is 0 Å². The van der Waals surface area contributed by atoms with Crippen molar-refractivity contribution < 1.29 is 4.74 Å². The van der Waals surface area contributed by atoms with E-state index in [-0.39, 0.29) is 0 Å². The third-order valence-corrected chi connectivity index (χ3v) is 2.78. The topological polar surface area (TPSA) is 48.1 Å². The van der Waals surface area contributed by atoms with Crippen molar-refractivity contribution in [1.29, 1.82) is 0 Å². The Kier molecular flexibility index (Phi) is 3.76. The molecule has 1 heterocycles. The van der Waals surface area contributed by atoms with Crippen molar-refractivity contribution in [2.75, 3.05) is 0 Å². The quantitative estimate of drug-likeness (QED) is 0.943. The summed E-state index contributed by atoms with van der Waals surface area (Å²) in [6, 6.07) is 9.67. The molecule has 88 valence electrons. The zero-order valence-corrected chi connectivity index (χ0v) is 11.1. The number of hydrogen-bond donors (Lipinski definition) is 1. The van der Waals surface area contributed by atoms with Crippen LogP contribution < -0.4 is 10.5 Å². The molecule has 3 nitrogen and oxygen atoms in total. The van der Waals surface area contributed by atoms with Crippen LogP contribution in [-0.4, -0.2) is 4.98 Å². The number of pyridine rings is 1. The third-order valence-electron chi connectivity index (χ3n) is 2.35. The minimum absolute atomic E-state index is 0.504. The molecule has 0 atom stereocenters. The molecule has 0 aliphatic carbocycles. The molecule has 0 fully saturated rings. The van der Waals surface area contributed by atoms with E-state index in [0.29, 0.717) is 12.4 Å². The normalized spacial score (nSPS) is 10.3. The molecule has 2 N–H and O–H groups in total. The van der Waals surface area contributed by atoms with E-state index < -0.39 is 0 Å². The van der Waals surface area contributed by atoms with Gasteiger partial charge in [0.2, 0.25) is 5.88 Å². The van der Waals surface area contributed by atoms with Crippen molar-refractivity contribution in [3.63, 3.8) is 0 Å². The molecule has 2 rings (SSSR count). The molecule has 0 aliphatic heterocycles. The monoisotopic (exact) mass is 292 g/mol. The maximum absolute atomic E-state index is 5.72. The summed E-state index contributed by atoms with van der Waals surface area (Å²) in [5.41, 5.74) is 7.61. The maximum Gasteiger partial charge on any atom is 0.222 e. The molecule has 1 aromatic carbocycles. The molecule has 0 bridgehead atoms. The predicted octanol–water partition coefficient (Wildman–Crippen LogP) is 3.40. The van der Waals surface area contributed by atoms with Crippen molar-refractivity contribution in [1.82, 2.24) is 4.98 Å². The summed E-state index contributed by atoms with van der Waals surface area (Å²) in [5, 5.41) is 0. The van der Waals surface area contributed by atoms with Crippen LogP contribution in [0.4, 0.5) is 0 Å². The Hall–Kier alpha value is -1.39. The summed E-state index contributed by atoms with van der Waals surface area (Å²) in [4.78, 5) is 4.23. The number of ether oxygens (including phenoxy) is 1. The Morgan fingerprint density at radius 1 is 1.35 bits per heavy atom. The van der Waals surface area contributed by atoms with Crippen LogP contribution in [0.5, 0.6) is 11.6 Å². The van der Waals surface area contributed by atoms with Gasteiger partial charge in [-0.2, -0.15) is 0 Å². The van der Waals surface area contributed by atoms with Crippen molar-refractivity contribution in [3.05, 3.63) is 52.1 Å². The second kappa shape index (κ2) is 5.29. The van der Waals surface area contributed by atoms with Crippen LogP contribution in [0, 0.1) is 6.92 Å². The second-order valence-electron chi connectivity index (χ2n) is 3.73. The molecule has 4 heteroatoms. The first-order valence-electron chi connectivity index (χ1n) is 5.28. The summed E-state index contributed by atoms with van der Waals surface area (Å²) in [6.07, 6.45) is 1.72. The summed E-state index contributed by atoms with van der Waals surface area (Å²) in [5.74, 6) is 1.37. The van der Waals surface area contributed by atoms with Gasteiger partial charge in [-0.15, -0.1) is 0 Å². The van der Waals surface area contributed by atoms with Crippen LogP contribution in [0.15, 0.2) is 41.0 Å². The Labute approximate surface area is 109 Å². The molecule has 0 unspecified atom stereocenters. The summed E-state index contributed by atoms with van der Waals surface area (Å²) in [7, 11) is 0. The molecule has 17 heavy (non-hydrogen) atoms. The Morgan fingerprint density at radius 3 is 2.88 bits per heavy atom. The van der Waals surface area contributed by atoms with E-state index in [1.165, 1.54) is 0 Å². The first-order chi connectivity index (χ1) is 8.19. The molecule has 0 amide bonds. The molecular formula is C13H13BrN2O. The van der Waals surface area contributed by atoms with Gasteiger partial charge in [-0.3, -0.25) is 0 Å². The van der Waals surface area contributed by atoms with Gasteiger partial charge in [-0.05, 0) is 46.6 Å². The van der Waals surface area contributed by atoms with Gasteiger partial charge in [0.25, 0.3) is 0 Å². The minimum atomic E-state index is 0.504. The molecular weight excluding hydrogens is 280 g/mol. The highest BCUT2D eigenvalue weighted by Gasteiger charge is 2.04. The van der Waals surface area contributed by atoms with Crippen molar-refractivity contribution >= 4 is 15.9 Å².